The van der Waals surface area contributed by atoms with Crippen LogP contribution in [0.5, 0.6) is 5.75 Å². The average molecular weight is 382 g/mol. The van der Waals surface area contributed by atoms with Crippen LogP contribution in [0.2, 0.25) is 0 Å². The molecule has 0 saturated carbocycles. The van der Waals surface area contributed by atoms with Crippen molar-refractivity contribution in [3.05, 3.63) is 54.1 Å². The molecule has 0 aliphatic carbocycles. The summed E-state index contributed by atoms with van der Waals surface area (Å²) < 4.78 is 11.2. The van der Waals surface area contributed by atoms with Gasteiger partial charge in [-0.1, -0.05) is 17.7 Å². The molecule has 1 heterocycles. The molecule has 0 atom stereocenters. The van der Waals surface area contributed by atoms with Crippen LogP contribution >= 0.6 is 0 Å². The van der Waals surface area contributed by atoms with Crippen LogP contribution in [0.3, 0.4) is 0 Å². The number of hydrogen-bond donors (Lipinski definition) is 1. The van der Waals surface area contributed by atoms with Crippen molar-refractivity contribution in [3.8, 4) is 5.75 Å². The second-order valence-electron chi connectivity index (χ2n) is 6.94. The number of aryl methyl sites for hydroxylation is 1. The quantitative estimate of drug-likeness (QED) is 0.830. The van der Waals surface area contributed by atoms with Crippen LogP contribution in [-0.2, 0) is 14.3 Å². The van der Waals surface area contributed by atoms with Crippen molar-refractivity contribution in [3.63, 3.8) is 0 Å². The van der Waals surface area contributed by atoms with E-state index in [-0.39, 0.29) is 24.5 Å². The molecule has 6 nitrogen and oxygen atoms in total. The fourth-order valence-electron chi connectivity index (χ4n) is 3.26. The number of benzene rings is 2. The lowest BCUT2D eigenvalue weighted by molar-refractivity contribution is -0.121. The van der Waals surface area contributed by atoms with E-state index in [0.29, 0.717) is 24.7 Å². The highest BCUT2D eigenvalue weighted by molar-refractivity contribution is 5.95. The van der Waals surface area contributed by atoms with Gasteiger partial charge < -0.3 is 19.7 Å². The smallest absolute Gasteiger partial charge is 0.265 e. The lowest BCUT2D eigenvalue weighted by Gasteiger charge is -2.34. The molecule has 0 radical (unpaired) electrons. The number of rotatable bonds is 6. The molecule has 1 aliphatic heterocycles. The molecule has 0 unspecified atom stereocenters. The Balaban J connectivity index is 1.74. The minimum atomic E-state index is -0.128. The molecule has 28 heavy (non-hydrogen) atoms. The first-order valence-electron chi connectivity index (χ1n) is 9.50. The molecule has 0 aromatic heterocycles. The zero-order valence-corrected chi connectivity index (χ0v) is 16.3. The number of carbonyl (C=O) groups excluding carboxylic acids is 2. The summed E-state index contributed by atoms with van der Waals surface area (Å²) >= 11 is 0. The third-order valence-electron chi connectivity index (χ3n) is 4.67. The van der Waals surface area contributed by atoms with E-state index in [1.54, 1.807) is 17.0 Å². The van der Waals surface area contributed by atoms with Gasteiger partial charge in [0.1, 0.15) is 5.75 Å². The normalized spacial score (nSPS) is 14.4. The molecule has 1 fully saturated rings. The van der Waals surface area contributed by atoms with Gasteiger partial charge >= 0.3 is 0 Å². The minimum absolute atomic E-state index is 0.0339. The van der Waals surface area contributed by atoms with Crippen molar-refractivity contribution in [2.45, 2.75) is 32.7 Å². The third kappa shape index (κ3) is 5.33. The van der Waals surface area contributed by atoms with E-state index < -0.39 is 0 Å². The van der Waals surface area contributed by atoms with Gasteiger partial charge in [-0.15, -0.1) is 0 Å². The summed E-state index contributed by atoms with van der Waals surface area (Å²) in [7, 11) is 0. The summed E-state index contributed by atoms with van der Waals surface area (Å²) in [6, 6.07) is 15.0. The Morgan fingerprint density at radius 1 is 1.07 bits per heavy atom. The number of amides is 2. The fourth-order valence-corrected chi connectivity index (χ4v) is 3.26. The minimum Gasteiger partial charge on any atom is -0.484 e. The summed E-state index contributed by atoms with van der Waals surface area (Å²) in [5.41, 5.74) is 2.63. The Morgan fingerprint density at radius 2 is 1.71 bits per heavy atom. The highest BCUT2D eigenvalue weighted by atomic mass is 16.5. The molecule has 148 valence electrons. The summed E-state index contributed by atoms with van der Waals surface area (Å²) in [6.45, 7) is 4.71. The van der Waals surface area contributed by atoms with Crippen molar-refractivity contribution in [1.82, 2.24) is 0 Å². The standard InChI is InChI=1S/C22H26N2O4/c1-16-3-9-21(10-4-16)28-15-22(26)24(20-11-13-27-14-12-20)19-7-5-18(6-8-19)23-17(2)25/h3-10,20H,11-15H2,1-2H3,(H,23,25). The average Bonchev–Trinajstić information content (AvgIpc) is 2.69. The molecule has 2 amide bonds. The van der Waals surface area contributed by atoms with Gasteiger partial charge in [0.15, 0.2) is 6.61 Å². The Hall–Kier alpha value is -2.86. The topological polar surface area (TPSA) is 67.9 Å². The van der Waals surface area contributed by atoms with Gasteiger partial charge in [0.25, 0.3) is 5.91 Å². The van der Waals surface area contributed by atoms with Crippen molar-refractivity contribution in [1.29, 1.82) is 0 Å². The Labute approximate surface area is 165 Å². The molecular weight excluding hydrogens is 356 g/mol. The van der Waals surface area contributed by atoms with Gasteiger partial charge in [0.05, 0.1) is 0 Å². The second-order valence-corrected chi connectivity index (χ2v) is 6.94. The largest absolute Gasteiger partial charge is 0.484 e. The van der Waals surface area contributed by atoms with E-state index in [0.717, 1.165) is 24.1 Å². The van der Waals surface area contributed by atoms with Gasteiger partial charge in [-0.05, 0) is 56.2 Å². The van der Waals surface area contributed by atoms with Crippen molar-refractivity contribution in [2.75, 3.05) is 30.0 Å². The van der Waals surface area contributed by atoms with Crippen LogP contribution in [0.1, 0.15) is 25.3 Å². The van der Waals surface area contributed by atoms with E-state index in [2.05, 4.69) is 5.32 Å². The number of carbonyl (C=O) groups is 2. The monoisotopic (exact) mass is 382 g/mol. The van der Waals surface area contributed by atoms with E-state index in [1.807, 2.05) is 43.3 Å². The zero-order chi connectivity index (χ0) is 19.9. The zero-order valence-electron chi connectivity index (χ0n) is 16.3. The van der Waals surface area contributed by atoms with Crippen LogP contribution in [0, 0.1) is 6.92 Å². The van der Waals surface area contributed by atoms with Gasteiger partial charge in [0.2, 0.25) is 5.91 Å². The summed E-state index contributed by atoms with van der Waals surface area (Å²) in [5.74, 6) is 0.447. The predicted octanol–water partition coefficient (Wildman–Crippen LogP) is 3.54. The molecule has 6 heteroatoms. The molecule has 1 saturated heterocycles. The third-order valence-corrected chi connectivity index (χ3v) is 4.67. The molecule has 2 aromatic rings. The Morgan fingerprint density at radius 3 is 2.32 bits per heavy atom. The maximum atomic E-state index is 13.0. The SMILES string of the molecule is CC(=O)Nc1ccc(N(C(=O)COc2ccc(C)cc2)C2CCOCC2)cc1. The summed E-state index contributed by atoms with van der Waals surface area (Å²) in [6.07, 6.45) is 1.56. The van der Waals surface area contributed by atoms with Gasteiger partial charge in [-0.2, -0.15) is 0 Å². The van der Waals surface area contributed by atoms with E-state index in [1.165, 1.54) is 6.92 Å². The summed E-state index contributed by atoms with van der Waals surface area (Å²) in [4.78, 5) is 26.1. The highest BCUT2D eigenvalue weighted by Crippen LogP contribution is 2.25. The van der Waals surface area contributed by atoms with E-state index >= 15 is 0 Å². The maximum Gasteiger partial charge on any atom is 0.265 e. The van der Waals surface area contributed by atoms with Gasteiger partial charge in [0, 0.05) is 37.6 Å². The molecule has 0 bridgehead atoms. The number of anilines is 2. The molecule has 2 aromatic carbocycles. The van der Waals surface area contributed by atoms with Crippen molar-refractivity contribution in [2.24, 2.45) is 0 Å². The van der Waals surface area contributed by atoms with Gasteiger partial charge in [-0.3, -0.25) is 9.59 Å². The molecule has 1 N–H and O–H groups in total. The van der Waals surface area contributed by atoms with E-state index in [4.69, 9.17) is 9.47 Å². The second kappa shape index (κ2) is 9.37. The maximum absolute atomic E-state index is 13.0. The lowest BCUT2D eigenvalue weighted by atomic mass is 10.1. The van der Waals surface area contributed by atoms with Crippen LogP contribution in [0.25, 0.3) is 0 Å². The van der Waals surface area contributed by atoms with Crippen LogP contribution in [0.4, 0.5) is 11.4 Å². The summed E-state index contributed by atoms with van der Waals surface area (Å²) in [5, 5.41) is 2.74. The van der Waals surface area contributed by atoms with E-state index in [9.17, 15) is 9.59 Å². The first-order chi connectivity index (χ1) is 13.5. The first-order valence-corrected chi connectivity index (χ1v) is 9.50. The van der Waals surface area contributed by atoms with Crippen LogP contribution in [-0.4, -0.2) is 37.7 Å². The predicted molar refractivity (Wildman–Crippen MR) is 109 cm³/mol. The Kier molecular flexibility index (Phi) is 6.66. The number of hydrogen-bond acceptors (Lipinski definition) is 4. The molecule has 0 spiro atoms. The van der Waals surface area contributed by atoms with Crippen molar-refractivity contribution < 1.29 is 19.1 Å². The number of nitrogens with one attached hydrogen (secondary N) is 1. The lowest BCUT2D eigenvalue weighted by Crippen LogP contribution is -2.45. The van der Waals surface area contributed by atoms with Crippen LogP contribution in [0.15, 0.2) is 48.5 Å². The first kappa shape index (κ1) is 19.9. The molecule has 3 rings (SSSR count). The highest BCUT2D eigenvalue weighted by Gasteiger charge is 2.27. The molecular formula is C22H26N2O4. The number of nitrogens with zero attached hydrogens (tertiary/aromatic N) is 1. The number of ether oxygens (including phenoxy) is 2. The Bertz CT molecular complexity index is 796. The van der Waals surface area contributed by atoms with Crippen molar-refractivity contribution >= 4 is 23.2 Å². The van der Waals surface area contributed by atoms with Gasteiger partial charge in [-0.25, -0.2) is 0 Å². The fraction of sp³-hybridized carbons (Fsp3) is 0.364. The van der Waals surface area contributed by atoms with Crippen LogP contribution < -0.4 is 15.0 Å². The molecule has 1 aliphatic rings.